The smallest absolute Gasteiger partial charge is 0.263 e. The molecule has 0 bridgehead atoms. The molecule has 1 N–H and O–H groups in total. The van der Waals surface area contributed by atoms with Crippen molar-refractivity contribution in [2.24, 2.45) is 11.8 Å². The van der Waals surface area contributed by atoms with Crippen LogP contribution in [0, 0.1) is 11.8 Å². The van der Waals surface area contributed by atoms with Gasteiger partial charge in [0.1, 0.15) is 0 Å². The normalized spacial score (nSPS) is 15.9. The second-order valence-corrected chi connectivity index (χ2v) is 9.57. The highest BCUT2D eigenvalue weighted by molar-refractivity contribution is 7.12. The highest BCUT2D eigenvalue weighted by Crippen LogP contribution is 2.26. The Morgan fingerprint density at radius 2 is 1.83 bits per heavy atom. The zero-order valence-corrected chi connectivity index (χ0v) is 19.2. The van der Waals surface area contributed by atoms with Crippen LogP contribution in [-0.2, 0) is 11.2 Å². The van der Waals surface area contributed by atoms with Crippen molar-refractivity contribution in [3.8, 4) is 0 Å². The number of hydrogen-bond acceptors (Lipinski definition) is 3. The molecule has 0 aliphatic carbocycles. The number of amides is 2. The average molecular weight is 427 g/mol. The van der Waals surface area contributed by atoms with E-state index >= 15 is 0 Å². The molecule has 0 spiro atoms. The fraction of sp³-hybridized carbons (Fsp3) is 0.520. The number of hydrogen-bond donors (Lipinski definition) is 1. The van der Waals surface area contributed by atoms with Crippen LogP contribution >= 0.6 is 11.3 Å². The third kappa shape index (κ3) is 5.72. The molecule has 0 radical (unpaired) electrons. The summed E-state index contributed by atoms with van der Waals surface area (Å²) in [5.41, 5.74) is 2.53. The largest absolute Gasteiger partial charge is 0.349 e. The van der Waals surface area contributed by atoms with E-state index < -0.39 is 0 Å². The monoisotopic (exact) mass is 426 g/mol. The predicted molar refractivity (Wildman–Crippen MR) is 124 cm³/mol. The average Bonchev–Trinajstić information content (AvgIpc) is 3.30. The third-order valence-electron chi connectivity index (χ3n) is 6.01. The van der Waals surface area contributed by atoms with Gasteiger partial charge in [-0.15, -0.1) is 11.3 Å². The van der Waals surface area contributed by atoms with Gasteiger partial charge in [-0.3, -0.25) is 9.59 Å². The van der Waals surface area contributed by atoms with Crippen molar-refractivity contribution in [1.29, 1.82) is 0 Å². The summed E-state index contributed by atoms with van der Waals surface area (Å²) < 4.78 is 0. The Kier molecular flexibility index (Phi) is 8.08. The molecule has 4 nitrogen and oxygen atoms in total. The van der Waals surface area contributed by atoms with Crippen LogP contribution < -0.4 is 5.32 Å². The molecule has 1 unspecified atom stereocenters. The van der Waals surface area contributed by atoms with Crippen molar-refractivity contribution in [3.05, 3.63) is 57.8 Å². The van der Waals surface area contributed by atoms with Crippen molar-refractivity contribution < 1.29 is 9.59 Å². The maximum atomic E-state index is 13.0. The number of rotatable bonds is 8. The Morgan fingerprint density at radius 1 is 1.13 bits per heavy atom. The molecule has 1 saturated heterocycles. The zero-order valence-electron chi connectivity index (χ0n) is 18.4. The summed E-state index contributed by atoms with van der Waals surface area (Å²) in [5.74, 6) is 0.498. The molecule has 2 heterocycles. The van der Waals surface area contributed by atoms with E-state index in [4.69, 9.17) is 0 Å². The molecule has 1 atom stereocenters. The number of carbonyl (C=O) groups excluding carboxylic acids is 2. The fourth-order valence-corrected chi connectivity index (χ4v) is 4.77. The van der Waals surface area contributed by atoms with Crippen LogP contribution in [0.5, 0.6) is 0 Å². The standard InChI is InChI=1S/C25H34N2O2S/c1-4-5-7-19-9-11-20(12-10-19)23(18(2)3)26-24(28)21-13-15-27(16-14-21)25(29)22-8-6-17-30-22/h6,8-12,17-18,21,23H,4-5,7,13-16H2,1-3H3,(H,26,28). The summed E-state index contributed by atoms with van der Waals surface area (Å²) in [6, 6.07) is 12.5. The minimum atomic E-state index is -0.0255. The molecule has 1 aromatic carbocycles. The summed E-state index contributed by atoms with van der Waals surface area (Å²) in [4.78, 5) is 28.2. The molecule has 5 heteroatoms. The van der Waals surface area contributed by atoms with Crippen molar-refractivity contribution in [1.82, 2.24) is 10.2 Å². The second kappa shape index (κ2) is 10.8. The van der Waals surface area contributed by atoms with Crippen LogP contribution in [0.1, 0.15) is 73.3 Å². The van der Waals surface area contributed by atoms with Gasteiger partial charge in [0.25, 0.3) is 5.91 Å². The first-order valence-corrected chi connectivity index (χ1v) is 12.1. The first kappa shape index (κ1) is 22.5. The molecule has 1 fully saturated rings. The Balaban J connectivity index is 1.56. The lowest BCUT2D eigenvalue weighted by Crippen LogP contribution is -2.44. The first-order chi connectivity index (χ1) is 14.5. The number of carbonyl (C=O) groups is 2. The van der Waals surface area contributed by atoms with E-state index in [-0.39, 0.29) is 23.8 Å². The van der Waals surface area contributed by atoms with Gasteiger partial charge in [-0.1, -0.05) is 57.5 Å². The lowest BCUT2D eigenvalue weighted by atomic mass is 9.91. The van der Waals surface area contributed by atoms with Gasteiger partial charge >= 0.3 is 0 Å². The highest BCUT2D eigenvalue weighted by Gasteiger charge is 2.30. The molecule has 1 aliphatic heterocycles. The molecule has 1 aromatic heterocycles. The molecular weight excluding hydrogens is 392 g/mol. The van der Waals surface area contributed by atoms with Crippen LogP contribution in [0.4, 0.5) is 0 Å². The molecule has 3 rings (SSSR count). The zero-order chi connectivity index (χ0) is 21.5. The SMILES string of the molecule is CCCCc1ccc(C(NC(=O)C2CCN(C(=O)c3cccs3)CC2)C(C)C)cc1. The van der Waals surface area contributed by atoms with E-state index in [2.05, 4.69) is 50.4 Å². The van der Waals surface area contributed by atoms with Crippen LogP contribution in [-0.4, -0.2) is 29.8 Å². The van der Waals surface area contributed by atoms with Gasteiger partial charge in [0.05, 0.1) is 10.9 Å². The van der Waals surface area contributed by atoms with Crippen molar-refractivity contribution in [2.45, 2.75) is 58.9 Å². The van der Waals surface area contributed by atoms with Crippen LogP contribution in [0.2, 0.25) is 0 Å². The van der Waals surface area contributed by atoms with Gasteiger partial charge in [-0.25, -0.2) is 0 Å². The number of benzene rings is 1. The van der Waals surface area contributed by atoms with Gasteiger partial charge in [0.2, 0.25) is 5.91 Å². The predicted octanol–water partition coefficient (Wildman–Crippen LogP) is 5.46. The Labute approximate surface area is 184 Å². The Morgan fingerprint density at radius 3 is 2.40 bits per heavy atom. The second-order valence-electron chi connectivity index (χ2n) is 8.62. The minimum Gasteiger partial charge on any atom is -0.349 e. The summed E-state index contributed by atoms with van der Waals surface area (Å²) in [6.07, 6.45) is 4.97. The number of aryl methyl sites for hydroxylation is 1. The quantitative estimate of drug-likeness (QED) is 0.610. The number of likely N-dealkylation sites (tertiary alicyclic amines) is 1. The number of thiophene rings is 1. The highest BCUT2D eigenvalue weighted by atomic mass is 32.1. The molecule has 0 saturated carbocycles. The molecular formula is C25H34N2O2S. The lowest BCUT2D eigenvalue weighted by Gasteiger charge is -2.32. The molecule has 30 heavy (non-hydrogen) atoms. The van der Waals surface area contributed by atoms with E-state index in [1.54, 1.807) is 0 Å². The van der Waals surface area contributed by atoms with Gasteiger partial charge in [0, 0.05) is 19.0 Å². The number of unbranched alkanes of at least 4 members (excludes halogenated alkanes) is 1. The third-order valence-corrected chi connectivity index (χ3v) is 6.87. The van der Waals surface area contributed by atoms with Crippen molar-refractivity contribution in [3.63, 3.8) is 0 Å². The summed E-state index contributed by atoms with van der Waals surface area (Å²) in [7, 11) is 0. The maximum Gasteiger partial charge on any atom is 0.263 e. The maximum absolute atomic E-state index is 13.0. The fourth-order valence-electron chi connectivity index (χ4n) is 4.08. The molecule has 1 aliphatic rings. The van der Waals surface area contributed by atoms with Crippen LogP contribution in [0.15, 0.2) is 41.8 Å². The van der Waals surface area contributed by atoms with Gasteiger partial charge in [0.15, 0.2) is 0 Å². The number of nitrogens with zero attached hydrogens (tertiary/aromatic N) is 1. The van der Waals surface area contributed by atoms with Crippen molar-refractivity contribution >= 4 is 23.2 Å². The summed E-state index contributed by atoms with van der Waals surface area (Å²) in [6.45, 7) is 7.80. The first-order valence-electron chi connectivity index (χ1n) is 11.2. The summed E-state index contributed by atoms with van der Waals surface area (Å²) >= 11 is 1.48. The molecule has 162 valence electrons. The van der Waals surface area contributed by atoms with E-state index in [1.807, 2.05) is 22.4 Å². The van der Waals surface area contributed by atoms with E-state index in [0.717, 1.165) is 24.1 Å². The number of nitrogens with one attached hydrogen (secondary N) is 1. The van der Waals surface area contributed by atoms with Crippen LogP contribution in [0.25, 0.3) is 0 Å². The van der Waals surface area contributed by atoms with Gasteiger partial charge in [-0.05, 0) is 54.2 Å². The molecule has 2 aromatic rings. The van der Waals surface area contributed by atoms with Crippen molar-refractivity contribution in [2.75, 3.05) is 13.1 Å². The minimum absolute atomic E-state index is 0.0171. The molecule has 2 amide bonds. The Bertz CT molecular complexity index is 806. The van der Waals surface area contributed by atoms with Crippen LogP contribution in [0.3, 0.4) is 0 Å². The Hall–Kier alpha value is -2.14. The van der Waals surface area contributed by atoms with Gasteiger partial charge < -0.3 is 10.2 Å². The lowest BCUT2D eigenvalue weighted by molar-refractivity contribution is -0.127. The van der Waals surface area contributed by atoms with E-state index in [0.29, 0.717) is 19.0 Å². The summed E-state index contributed by atoms with van der Waals surface area (Å²) in [5, 5.41) is 5.22. The topological polar surface area (TPSA) is 49.4 Å². The van der Waals surface area contributed by atoms with Gasteiger partial charge in [-0.2, -0.15) is 0 Å². The number of piperidine rings is 1. The van der Waals surface area contributed by atoms with E-state index in [1.165, 1.54) is 35.3 Å². The van der Waals surface area contributed by atoms with E-state index in [9.17, 15) is 9.59 Å².